The van der Waals surface area contributed by atoms with Gasteiger partial charge in [-0.1, -0.05) is 6.08 Å². The molecule has 0 spiro atoms. The van der Waals surface area contributed by atoms with Crippen molar-refractivity contribution in [2.24, 2.45) is 0 Å². The van der Waals surface area contributed by atoms with Gasteiger partial charge in [0, 0.05) is 6.20 Å². The van der Waals surface area contributed by atoms with Crippen LogP contribution in [0.25, 0.3) is 0 Å². The molecule has 1 aliphatic heterocycles. The van der Waals surface area contributed by atoms with Gasteiger partial charge in [0.2, 0.25) is 0 Å². The molecule has 1 fully saturated rings. The molecule has 8 heteroatoms. The lowest BCUT2D eigenvalue weighted by Crippen LogP contribution is -2.44. The summed E-state index contributed by atoms with van der Waals surface area (Å²) in [5.74, 6) is -0.00130. The van der Waals surface area contributed by atoms with E-state index in [0.717, 1.165) is 11.5 Å². The van der Waals surface area contributed by atoms with Crippen molar-refractivity contribution in [3.8, 4) is 0 Å². The molecule has 2 unspecified atom stereocenters. The second-order valence-electron chi connectivity index (χ2n) is 5.18. The van der Waals surface area contributed by atoms with Crippen molar-refractivity contribution in [2.75, 3.05) is 5.73 Å². The summed E-state index contributed by atoms with van der Waals surface area (Å²) >= 11 is 0. The van der Waals surface area contributed by atoms with E-state index in [9.17, 15) is 19.4 Å². The van der Waals surface area contributed by atoms with E-state index < -0.39 is 35.9 Å². The third kappa shape index (κ3) is 2.69. The lowest BCUT2D eigenvalue weighted by molar-refractivity contribution is -0.0864. The molecule has 0 radical (unpaired) electrons. The van der Waals surface area contributed by atoms with Gasteiger partial charge in [0.05, 0.1) is 6.10 Å². The van der Waals surface area contributed by atoms with Gasteiger partial charge in [0.15, 0.2) is 11.9 Å². The first kappa shape index (κ1) is 15.6. The van der Waals surface area contributed by atoms with Crippen molar-refractivity contribution in [1.82, 2.24) is 9.55 Å². The molecular formula is C13H18FN3O4. The molecule has 1 aromatic rings. The molecule has 116 valence electrons. The number of nitrogens with zero attached hydrogens (tertiary/aromatic N) is 2. The minimum atomic E-state index is -2.27. The van der Waals surface area contributed by atoms with E-state index in [0.29, 0.717) is 0 Å². The van der Waals surface area contributed by atoms with Crippen LogP contribution in [0.5, 0.6) is 0 Å². The fraction of sp³-hybridized carbons (Fsp3) is 0.538. The highest BCUT2D eigenvalue weighted by molar-refractivity contribution is 5.24. The molecular weight excluding hydrogens is 281 g/mol. The fourth-order valence-electron chi connectivity index (χ4n) is 2.37. The molecule has 7 nitrogen and oxygen atoms in total. The topological polar surface area (TPSA) is 111 Å². The quantitative estimate of drug-likeness (QED) is 0.661. The number of hydrogen-bond donors (Lipinski definition) is 3. The van der Waals surface area contributed by atoms with Gasteiger partial charge in [0.1, 0.15) is 18.0 Å². The van der Waals surface area contributed by atoms with Gasteiger partial charge in [-0.3, -0.25) is 4.57 Å². The molecule has 0 aliphatic carbocycles. The second-order valence-corrected chi connectivity index (χ2v) is 5.18. The van der Waals surface area contributed by atoms with Gasteiger partial charge in [0.25, 0.3) is 0 Å². The largest absolute Gasteiger partial charge is 0.390 e. The Bertz CT molecular complexity index is 589. The lowest BCUT2D eigenvalue weighted by Gasteiger charge is -2.24. The predicted molar refractivity (Wildman–Crippen MR) is 73.2 cm³/mol. The Morgan fingerprint density at radius 2 is 2.43 bits per heavy atom. The summed E-state index contributed by atoms with van der Waals surface area (Å²) < 4.78 is 21.0. The number of nitrogens with two attached hydrogens (primary N) is 1. The molecule has 0 saturated carbocycles. The number of rotatable bonds is 4. The Morgan fingerprint density at radius 3 is 3.00 bits per heavy atom. The monoisotopic (exact) mass is 299 g/mol. The number of aromatic nitrogens is 2. The Balaban J connectivity index is 2.36. The van der Waals surface area contributed by atoms with Gasteiger partial charge in [-0.05, 0) is 19.4 Å². The van der Waals surface area contributed by atoms with Gasteiger partial charge >= 0.3 is 5.69 Å². The number of aliphatic hydroxyl groups excluding tert-OH is 2. The molecule has 1 saturated heterocycles. The van der Waals surface area contributed by atoms with E-state index in [1.54, 1.807) is 0 Å². The Morgan fingerprint density at radius 1 is 1.76 bits per heavy atom. The van der Waals surface area contributed by atoms with Crippen LogP contribution in [0, 0.1) is 0 Å². The van der Waals surface area contributed by atoms with Crippen LogP contribution in [-0.2, 0) is 4.74 Å². The van der Waals surface area contributed by atoms with Crippen LogP contribution in [0.1, 0.15) is 19.6 Å². The number of halogens is 1. The van der Waals surface area contributed by atoms with Crippen LogP contribution < -0.4 is 11.4 Å². The lowest BCUT2D eigenvalue weighted by atomic mass is 9.94. The van der Waals surface area contributed by atoms with Crippen LogP contribution in [-0.4, -0.2) is 43.7 Å². The average Bonchev–Trinajstić information content (AvgIpc) is 2.62. The maximum absolute atomic E-state index is 14.8. The van der Waals surface area contributed by atoms with Gasteiger partial charge in [-0.2, -0.15) is 4.98 Å². The highest BCUT2D eigenvalue weighted by atomic mass is 19.1. The summed E-state index contributed by atoms with van der Waals surface area (Å²) in [5.41, 5.74) is 2.31. The predicted octanol–water partition coefficient (Wildman–Crippen LogP) is -0.251. The Hall–Kier alpha value is -1.77. The number of anilines is 1. The van der Waals surface area contributed by atoms with E-state index in [-0.39, 0.29) is 12.2 Å². The highest BCUT2D eigenvalue weighted by Gasteiger charge is 2.56. The molecule has 0 aromatic carbocycles. The van der Waals surface area contributed by atoms with Gasteiger partial charge in [-0.15, -0.1) is 6.58 Å². The maximum Gasteiger partial charge on any atom is 0.351 e. The van der Waals surface area contributed by atoms with Crippen LogP contribution >= 0.6 is 0 Å². The Kier molecular flexibility index (Phi) is 4.13. The third-order valence-electron chi connectivity index (χ3n) is 3.55. The van der Waals surface area contributed by atoms with E-state index >= 15 is 0 Å². The van der Waals surface area contributed by atoms with E-state index in [2.05, 4.69) is 11.6 Å². The van der Waals surface area contributed by atoms with Crippen LogP contribution in [0.15, 0.2) is 29.7 Å². The summed E-state index contributed by atoms with van der Waals surface area (Å²) in [6.07, 6.45) is -2.51. The van der Waals surface area contributed by atoms with Crippen LogP contribution in [0.2, 0.25) is 0 Å². The first-order chi connectivity index (χ1) is 9.78. The zero-order valence-corrected chi connectivity index (χ0v) is 11.5. The van der Waals surface area contributed by atoms with Crippen LogP contribution in [0.3, 0.4) is 0 Å². The third-order valence-corrected chi connectivity index (χ3v) is 3.55. The normalized spacial score (nSPS) is 33.8. The average molecular weight is 299 g/mol. The van der Waals surface area contributed by atoms with Gasteiger partial charge in [-0.25, -0.2) is 9.18 Å². The molecule has 4 N–H and O–H groups in total. The summed E-state index contributed by atoms with van der Waals surface area (Å²) in [6.45, 7) is 4.57. The van der Waals surface area contributed by atoms with Crippen molar-refractivity contribution >= 4 is 5.82 Å². The van der Waals surface area contributed by atoms with Crippen molar-refractivity contribution in [1.29, 1.82) is 0 Å². The smallest absolute Gasteiger partial charge is 0.351 e. The molecule has 0 amide bonds. The molecule has 5 atom stereocenters. The molecule has 1 aromatic heterocycles. The SMILES string of the molecule is C=CCC(O)C1O[C@@H](n2ccc(N)nc2=O)[C@](C)(F)[C@@H]1O. The number of aliphatic hydroxyl groups is 2. The van der Waals surface area contributed by atoms with E-state index in [1.807, 2.05) is 0 Å². The second kappa shape index (κ2) is 5.55. The fourth-order valence-corrected chi connectivity index (χ4v) is 2.37. The Labute approximate surface area is 120 Å². The highest BCUT2D eigenvalue weighted by Crippen LogP contribution is 2.42. The van der Waals surface area contributed by atoms with Crippen molar-refractivity contribution in [3.63, 3.8) is 0 Å². The minimum absolute atomic E-state index is 0.00130. The maximum atomic E-state index is 14.8. The summed E-state index contributed by atoms with van der Waals surface area (Å²) in [7, 11) is 0. The molecule has 0 bridgehead atoms. The summed E-state index contributed by atoms with van der Waals surface area (Å²) in [6, 6.07) is 1.32. The molecule has 1 aliphatic rings. The minimum Gasteiger partial charge on any atom is -0.390 e. The number of nitrogen functional groups attached to an aromatic ring is 1. The van der Waals surface area contributed by atoms with Crippen LogP contribution in [0.4, 0.5) is 10.2 Å². The first-order valence-electron chi connectivity index (χ1n) is 6.45. The number of hydrogen-bond acceptors (Lipinski definition) is 6. The van der Waals surface area contributed by atoms with Crippen molar-refractivity contribution in [2.45, 2.75) is 43.6 Å². The first-order valence-corrected chi connectivity index (χ1v) is 6.45. The van der Waals surface area contributed by atoms with Crippen molar-refractivity contribution < 1.29 is 19.3 Å². The molecule has 2 rings (SSSR count). The summed E-state index contributed by atoms with van der Waals surface area (Å²) in [5, 5.41) is 19.9. The molecule has 2 heterocycles. The standard InChI is InChI=1S/C13H18FN3O4/c1-3-4-7(18)9-10(19)13(2,14)11(21-9)17-6-5-8(15)16-12(17)20/h3,5-7,9-11,18-19H,1,4H2,2H3,(H2,15,16,20)/t7?,9?,10-,11-,13-/m1/s1. The van der Waals surface area contributed by atoms with E-state index in [1.165, 1.54) is 18.3 Å². The van der Waals surface area contributed by atoms with Crippen molar-refractivity contribution in [3.05, 3.63) is 35.4 Å². The van der Waals surface area contributed by atoms with Gasteiger partial charge < -0.3 is 20.7 Å². The summed E-state index contributed by atoms with van der Waals surface area (Å²) in [4.78, 5) is 15.3. The zero-order chi connectivity index (χ0) is 15.8. The molecule has 21 heavy (non-hydrogen) atoms. The number of alkyl halides is 1. The number of ether oxygens (including phenoxy) is 1. The zero-order valence-electron chi connectivity index (χ0n) is 11.5. The van der Waals surface area contributed by atoms with E-state index in [4.69, 9.17) is 10.5 Å².